The smallest absolute Gasteiger partial charge is 0.339 e. The third-order valence-corrected chi connectivity index (χ3v) is 6.41. The van der Waals surface area contributed by atoms with Crippen LogP contribution in [0.25, 0.3) is 0 Å². The molecule has 0 N–H and O–H groups in total. The molecule has 0 amide bonds. The van der Waals surface area contributed by atoms with Crippen LogP contribution >= 0.6 is 0 Å². The SMILES string of the molecule is COC(=O)c1ccccc1N1CCN(S(=O)(=O)c2cccc(C)c2)CC1. The van der Waals surface area contributed by atoms with Crippen LogP contribution in [0, 0.1) is 6.92 Å². The molecular formula is C19H22N2O4S. The Kier molecular flexibility index (Phi) is 5.29. The summed E-state index contributed by atoms with van der Waals surface area (Å²) in [5.74, 6) is -0.393. The minimum absolute atomic E-state index is 0.320. The highest BCUT2D eigenvalue weighted by Gasteiger charge is 2.29. The van der Waals surface area contributed by atoms with Gasteiger partial charge in [-0.25, -0.2) is 13.2 Å². The number of methoxy groups -OCH3 is 1. The van der Waals surface area contributed by atoms with Gasteiger partial charge in [-0.2, -0.15) is 4.31 Å². The van der Waals surface area contributed by atoms with Gasteiger partial charge in [0.25, 0.3) is 0 Å². The molecule has 138 valence electrons. The number of anilines is 1. The Labute approximate surface area is 154 Å². The molecule has 0 radical (unpaired) electrons. The second-order valence-electron chi connectivity index (χ2n) is 6.22. The van der Waals surface area contributed by atoms with Gasteiger partial charge in [0.1, 0.15) is 0 Å². The number of sulfonamides is 1. The summed E-state index contributed by atoms with van der Waals surface area (Å²) in [6.07, 6.45) is 0. The van der Waals surface area contributed by atoms with Crippen molar-refractivity contribution in [1.82, 2.24) is 4.31 Å². The second-order valence-corrected chi connectivity index (χ2v) is 8.15. The van der Waals surface area contributed by atoms with Gasteiger partial charge in [0, 0.05) is 26.2 Å². The first-order valence-electron chi connectivity index (χ1n) is 8.42. The lowest BCUT2D eigenvalue weighted by Crippen LogP contribution is -2.49. The third-order valence-electron chi connectivity index (χ3n) is 4.52. The molecule has 1 aliphatic heterocycles. The average molecular weight is 374 g/mol. The fourth-order valence-electron chi connectivity index (χ4n) is 3.13. The van der Waals surface area contributed by atoms with Crippen molar-refractivity contribution in [1.29, 1.82) is 0 Å². The number of rotatable bonds is 4. The van der Waals surface area contributed by atoms with E-state index in [0.717, 1.165) is 11.3 Å². The van der Waals surface area contributed by atoms with Crippen molar-refractivity contribution in [3.8, 4) is 0 Å². The summed E-state index contributed by atoms with van der Waals surface area (Å²) < 4.78 is 32.0. The fourth-order valence-corrected chi connectivity index (χ4v) is 4.65. The molecule has 0 aromatic heterocycles. The minimum atomic E-state index is -3.51. The largest absolute Gasteiger partial charge is 0.465 e. The summed E-state index contributed by atoms with van der Waals surface area (Å²) in [5, 5.41) is 0. The molecule has 1 saturated heterocycles. The molecule has 0 atom stereocenters. The predicted octanol–water partition coefficient (Wildman–Crippen LogP) is 2.29. The highest BCUT2D eigenvalue weighted by atomic mass is 32.2. The van der Waals surface area contributed by atoms with Crippen LogP contribution in [0.3, 0.4) is 0 Å². The number of carbonyl (C=O) groups excluding carboxylic acids is 1. The average Bonchev–Trinajstić information content (AvgIpc) is 2.67. The molecule has 26 heavy (non-hydrogen) atoms. The first-order valence-corrected chi connectivity index (χ1v) is 9.86. The molecule has 0 saturated carbocycles. The summed E-state index contributed by atoms with van der Waals surface area (Å²) in [4.78, 5) is 14.3. The minimum Gasteiger partial charge on any atom is -0.465 e. The number of aryl methyl sites for hydroxylation is 1. The third kappa shape index (κ3) is 3.59. The highest BCUT2D eigenvalue weighted by molar-refractivity contribution is 7.89. The first kappa shape index (κ1) is 18.4. The van der Waals surface area contributed by atoms with Crippen molar-refractivity contribution < 1.29 is 17.9 Å². The summed E-state index contributed by atoms with van der Waals surface area (Å²) in [6, 6.07) is 14.2. The summed E-state index contributed by atoms with van der Waals surface area (Å²) in [6.45, 7) is 3.64. The number of esters is 1. The number of benzene rings is 2. The van der Waals surface area contributed by atoms with Crippen molar-refractivity contribution in [2.24, 2.45) is 0 Å². The van der Waals surface area contributed by atoms with Crippen molar-refractivity contribution in [3.63, 3.8) is 0 Å². The van der Waals surface area contributed by atoms with E-state index >= 15 is 0 Å². The number of hydrogen-bond donors (Lipinski definition) is 0. The van der Waals surface area contributed by atoms with Crippen LogP contribution in [0.5, 0.6) is 0 Å². The molecule has 0 aliphatic carbocycles. The monoisotopic (exact) mass is 374 g/mol. The maximum atomic E-state index is 12.8. The number of piperazine rings is 1. The van der Waals surface area contributed by atoms with E-state index in [4.69, 9.17) is 4.74 Å². The number of ether oxygens (including phenoxy) is 1. The van der Waals surface area contributed by atoms with Crippen LogP contribution in [0.15, 0.2) is 53.4 Å². The van der Waals surface area contributed by atoms with Crippen molar-refractivity contribution >= 4 is 21.7 Å². The van der Waals surface area contributed by atoms with Crippen LogP contribution in [-0.2, 0) is 14.8 Å². The molecule has 1 heterocycles. The predicted molar refractivity (Wildman–Crippen MR) is 99.9 cm³/mol. The molecule has 3 rings (SSSR count). The van der Waals surface area contributed by atoms with E-state index in [1.165, 1.54) is 11.4 Å². The van der Waals surface area contributed by atoms with Gasteiger partial charge in [-0.1, -0.05) is 24.3 Å². The number of carbonyl (C=O) groups is 1. The molecule has 0 bridgehead atoms. The lowest BCUT2D eigenvalue weighted by Gasteiger charge is -2.36. The molecule has 6 nitrogen and oxygen atoms in total. The van der Waals surface area contributed by atoms with Gasteiger partial charge in [-0.15, -0.1) is 0 Å². The Morgan fingerprint density at radius 1 is 1.00 bits per heavy atom. The van der Waals surface area contributed by atoms with Crippen LogP contribution in [0.4, 0.5) is 5.69 Å². The second kappa shape index (κ2) is 7.47. The van der Waals surface area contributed by atoms with Crippen LogP contribution in [-0.4, -0.2) is 52.0 Å². The fraction of sp³-hybridized carbons (Fsp3) is 0.316. The Balaban J connectivity index is 1.77. The van der Waals surface area contributed by atoms with E-state index < -0.39 is 16.0 Å². The first-order chi connectivity index (χ1) is 12.4. The normalized spacial score (nSPS) is 15.7. The van der Waals surface area contributed by atoms with Gasteiger partial charge in [0.15, 0.2) is 0 Å². The number of nitrogens with zero attached hydrogens (tertiary/aromatic N) is 2. The van der Waals surface area contributed by atoms with Gasteiger partial charge in [-0.3, -0.25) is 0 Å². The van der Waals surface area contributed by atoms with E-state index in [-0.39, 0.29) is 0 Å². The number of para-hydroxylation sites is 1. The maximum Gasteiger partial charge on any atom is 0.339 e. The molecule has 1 fully saturated rings. The summed E-state index contributed by atoms with van der Waals surface area (Å²) in [7, 11) is -2.15. The van der Waals surface area contributed by atoms with Crippen LogP contribution < -0.4 is 4.90 Å². The zero-order valence-electron chi connectivity index (χ0n) is 14.9. The summed E-state index contributed by atoms with van der Waals surface area (Å²) >= 11 is 0. The zero-order valence-corrected chi connectivity index (χ0v) is 15.7. The maximum absolute atomic E-state index is 12.8. The Morgan fingerprint density at radius 3 is 2.35 bits per heavy atom. The quantitative estimate of drug-likeness (QED) is 0.768. The molecule has 7 heteroatoms. The summed E-state index contributed by atoms with van der Waals surface area (Å²) in [5.41, 5.74) is 2.17. The van der Waals surface area contributed by atoms with Gasteiger partial charge in [0.2, 0.25) is 10.0 Å². The zero-order chi connectivity index (χ0) is 18.7. The van der Waals surface area contributed by atoms with E-state index in [1.807, 2.05) is 30.0 Å². The molecule has 0 spiro atoms. The molecular weight excluding hydrogens is 352 g/mol. The van der Waals surface area contributed by atoms with Gasteiger partial charge in [0.05, 0.1) is 23.3 Å². The van der Waals surface area contributed by atoms with Gasteiger partial charge in [-0.05, 0) is 36.8 Å². The Morgan fingerprint density at radius 2 is 1.69 bits per heavy atom. The van der Waals surface area contributed by atoms with Crippen molar-refractivity contribution in [3.05, 3.63) is 59.7 Å². The molecule has 0 unspecified atom stereocenters. The van der Waals surface area contributed by atoms with E-state index in [1.54, 1.807) is 30.3 Å². The van der Waals surface area contributed by atoms with E-state index in [0.29, 0.717) is 36.6 Å². The highest BCUT2D eigenvalue weighted by Crippen LogP contribution is 2.25. The molecule has 1 aliphatic rings. The Bertz CT molecular complexity index is 903. The van der Waals surface area contributed by atoms with Crippen LogP contribution in [0.2, 0.25) is 0 Å². The standard InChI is InChI=1S/C19H22N2O4S/c1-15-6-5-7-16(14-15)26(23,24)21-12-10-20(11-13-21)18-9-4-3-8-17(18)19(22)25-2/h3-9,14H,10-13H2,1-2H3. The number of hydrogen-bond acceptors (Lipinski definition) is 5. The van der Waals surface area contributed by atoms with E-state index in [2.05, 4.69) is 0 Å². The Hall–Kier alpha value is -2.38. The topological polar surface area (TPSA) is 66.9 Å². The van der Waals surface area contributed by atoms with Crippen LogP contribution in [0.1, 0.15) is 15.9 Å². The van der Waals surface area contributed by atoms with Crippen molar-refractivity contribution in [2.75, 3.05) is 38.2 Å². The van der Waals surface area contributed by atoms with E-state index in [9.17, 15) is 13.2 Å². The van der Waals surface area contributed by atoms with Gasteiger partial charge < -0.3 is 9.64 Å². The van der Waals surface area contributed by atoms with Crippen molar-refractivity contribution in [2.45, 2.75) is 11.8 Å². The lowest BCUT2D eigenvalue weighted by atomic mass is 10.1. The molecule has 2 aromatic carbocycles. The molecule has 2 aromatic rings. The lowest BCUT2D eigenvalue weighted by molar-refractivity contribution is 0.0601. The van der Waals surface area contributed by atoms with Gasteiger partial charge >= 0.3 is 5.97 Å².